The summed E-state index contributed by atoms with van der Waals surface area (Å²) in [6.07, 6.45) is 2.59. The van der Waals surface area contributed by atoms with Gasteiger partial charge in [0.2, 0.25) is 0 Å². The molecule has 1 fully saturated rings. The van der Waals surface area contributed by atoms with Gasteiger partial charge >= 0.3 is 0 Å². The van der Waals surface area contributed by atoms with Crippen LogP contribution in [-0.2, 0) is 0 Å². The fraction of sp³-hybridized carbons (Fsp3) is 0.474. The monoisotopic (exact) mass is 282 g/mol. The molecule has 2 unspecified atom stereocenters. The van der Waals surface area contributed by atoms with Crippen LogP contribution in [0.25, 0.3) is 10.8 Å². The van der Waals surface area contributed by atoms with Crippen LogP contribution in [0.2, 0.25) is 0 Å². The minimum atomic E-state index is 0.662. The average Bonchev–Trinajstić information content (AvgIpc) is 2.52. The lowest BCUT2D eigenvalue weighted by Gasteiger charge is -2.34. The van der Waals surface area contributed by atoms with Crippen LogP contribution in [0.15, 0.2) is 42.5 Å². The Morgan fingerprint density at radius 1 is 1.14 bits per heavy atom. The van der Waals surface area contributed by atoms with Gasteiger partial charge in [-0.2, -0.15) is 0 Å². The van der Waals surface area contributed by atoms with Crippen molar-refractivity contribution < 1.29 is 0 Å². The van der Waals surface area contributed by atoms with E-state index in [0.717, 1.165) is 12.5 Å². The number of hydrogen-bond acceptors (Lipinski definition) is 2. The van der Waals surface area contributed by atoms with Crippen molar-refractivity contribution >= 4 is 16.5 Å². The molecule has 2 heteroatoms. The predicted molar refractivity (Wildman–Crippen MR) is 92.0 cm³/mol. The zero-order valence-electron chi connectivity index (χ0n) is 13.2. The smallest absolute Gasteiger partial charge is 0.0445 e. The molecule has 1 N–H and O–H groups in total. The number of nitrogens with one attached hydrogen (secondary N) is 1. The third kappa shape index (κ3) is 3.21. The van der Waals surface area contributed by atoms with Crippen molar-refractivity contribution in [2.45, 2.75) is 32.7 Å². The fourth-order valence-electron chi connectivity index (χ4n) is 3.59. The quantitative estimate of drug-likeness (QED) is 0.910. The molecule has 0 radical (unpaired) electrons. The number of anilines is 1. The number of hydrogen-bond donors (Lipinski definition) is 1. The molecular formula is C19H26N2. The van der Waals surface area contributed by atoms with Gasteiger partial charge in [-0.3, -0.25) is 0 Å². The number of nitrogens with zero attached hydrogens (tertiary/aromatic N) is 1. The molecule has 2 atom stereocenters. The zero-order chi connectivity index (χ0) is 14.7. The summed E-state index contributed by atoms with van der Waals surface area (Å²) in [6, 6.07) is 16.1. The van der Waals surface area contributed by atoms with Crippen LogP contribution >= 0.6 is 0 Å². The standard InChI is InChI=1S/C19H26N2/c1-3-21(14-16-11-12-20-15(2)13-16)19-10-6-8-17-7-4-5-9-18(17)19/h4-10,15-16,20H,3,11-14H2,1-2H3. The van der Waals surface area contributed by atoms with Crippen molar-refractivity contribution in [1.82, 2.24) is 5.32 Å². The van der Waals surface area contributed by atoms with E-state index in [1.54, 1.807) is 0 Å². The molecule has 0 spiro atoms. The molecular weight excluding hydrogens is 256 g/mol. The van der Waals surface area contributed by atoms with E-state index in [0.29, 0.717) is 6.04 Å². The van der Waals surface area contributed by atoms with Gasteiger partial charge in [0, 0.05) is 30.2 Å². The van der Waals surface area contributed by atoms with E-state index in [1.807, 2.05) is 0 Å². The molecule has 1 saturated heterocycles. The van der Waals surface area contributed by atoms with Gasteiger partial charge in [0.05, 0.1) is 0 Å². The normalized spacial score (nSPS) is 22.4. The van der Waals surface area contributed by atoms with Crippen LogP contribution in [0.4, 0.5) is 5.69 Å². The zero-order valence-corrected chi connectivity index (χ0v) is 13.2. The van der Waals surface area contributed by atoms with Gasteiger partial charge < -0.3 is 10.2 Å². The molecule has 2 aromatic rings. The molecule has 112 valence electrons. The molecule has 0 saturated carbocycles. The van der Waals surface area contributed by atoms with Crippen LogP contribution in [-0.4, -0.2) is 25.7 Å². The summed E-state index contributed by atoms with van der Waals surface area (Å²) in [5, 5.41) is 6.27. The summed E-state index contributed by atoms with van der Waals surface area (Å²) in [6.45, 7) is 7.99. The van der Waals surface area contributed by atoms with E-state index in [1.165, 1.54) is 42.4 Å². The van der Waals surface area contributed by atoms with Gasteiger partial charge in [-0.1, -0.05) is 36.4 Å². The highest BCUT2D eigenvalue weighted by molar-refractivity contribution is 5.94. The van der Waals surface area contributed by atoms with Crippen LogP contribution in [0, 0.1) is 5.92 Å². The molecule has 0 bridgehead atoms. The number of fused-ring (bicyclic) bond motifs is 1. The molecule has 0 aliphatic carbocycles. The SMILES string of the molecule is CCN(CC1CCNC(C)C1)c1cccc2ccccc12. The first-order chi connectivity index (χ1) is 10.3. The molecule has 2 nitrogen and oxygen atoms in total. The van der Waals surface area contributed by atoms with Crippen LogP contribution < -0.4 is 10.2 Å². The molecule has 1 aliphatic rings. The lowest BCUT2D eigenvalue weighted by molar-refractivity contribution is 0.317. The Hall–Kier alpha value is -1.54. The van der Waals surface area contributed by atoms with Crippen molar-refractivity contribution in [3.05, 3.63) is 42.5 Å². The first kappa shape index (κ1) is 14.4. The number of benzene rings is 2. The van der Waals surface area contributed by atoms with Crippen LogP contribution in [0.5, 0.6) is 0 Å². The summed E-state index contributed by atoms with van der Waals surface area (Å²) in [5.74, 6) is 0.806. The van der Waals surface area contributed by atoms with Gasteiger partial charge in [0.25, 0.3) is 0 Å². The van der Waals surface area contributed by atoms with E-state index in [2.05, 4.69) is 66.5 Å². The van der Waals surface area contributed by atoms with Crippen molar-refractivity contribution in [3.8, 4) is 0 Å². The first-order valence-electron chi connectivity index (χ1n) is 8.24. The predicted octanol–water partition coefficient (Wildman–Crippen LogP) is 4.05. The lowest BCUT2D eigenvalue weighted by Crippen LogP contribution is -2.40. The third-order valence-electron chi connectivity index (χ3n) is 4.70. The highest BCUT2D eigenvalue weighted by Crippen LogP contribution is 2.28. The van der Waals surface area contributed by atoms with Gasteiger partial charge in [0.15, 0.2) is 0 Å². The molecule has 0 amide bonds. The Morgan fingerprint density at radius 2 is 1.95 bits per heavy atom. The maximum absolute atomic E-state index is 3.55. The Balaban J connectivity index is 1.84. The highest BCUT2D eigenvalue weighted by atomic mass is 15.1. The maximum Gasteiger partial charge on any atom is 0.0445 e. The Kier molecular flexibility index (Phi) is 4.45. The second kappa shape index (κ2) is 6.48. The minimum Gasteiger partial charge on any atom is -0.371 e. The van der Waals surface area contributed by atoms with E-state index >= 15 is 0 Å². The van der Waals surface area contributed by atoms with Crippen LogP contribution in [0.3, 0.4) is 0 Å². The summed E-state index contributed by atoms with van der Waals surface area (Å²) in [7, 11) is 0. The third-order valence-corrected chi connectivity index (χ3v) is 4.70. The van der Waals surface area contributed by atoms with E-state index in [9.17, 15) is 0 Å². The lowest BCUT2D eigenvalue weighted by atomic mass is 9.92. The Morgan fingerprint density at radius 3 is 2.76 bits per heavy atom. The maximum atomic E-state index is 3.55. The van der Waals surface area contributed by atoms with Crippen LogP contribution in [0.1, 0.15) is 26.7 Å². The second-order valence-electron chi connectivity index (χ2n) is 6.28. The molecule has 21 heavy (non-hydrogen) atoms. The highest BCUT2D eigenvalue weighted by Gasteiger charge is 2.21. The van der Waals surface area contributed by atoms with Crippen molar-refractivity contribution in [3.63, 3.8) is 0 Å². The molecule has 0 aromatic heterocycles. The Labute approximate surface area is 128 Å². The Bertz CT molecular complexity index is 588. The van der Waals surface area contributed by atoms with E-state index in [4.69, 9.17) is 0 Å². The topological polar surface area (TPSA) is 15.3 Å². The van der Waals surface area contributed by atoms with Gasteiger partial charge in [-0.15, -0.1) is 0 Å². The molecule has 1 aliphatic heterocycles. The fourth-order valence-corrected chi connectivity index (χ4v) is 3.59. The number of piperidine rings is 1. The summed E-state index contributed by atoms with van der Waals surface area (Å²) in [4.78, 5) is 2.56. The van der Waals surface area contributed by atoms with Gasteiger partial charge in [0.1, 0.15) is 0 Å². The average molecular weight is 282 g/mol. The number of rotatable bonds is 4. The van der Waals surface area contributed by atoms with Gasteiger partial charge in [-0.05, 0) is 50.6 Å². The molecule has 2 aromatic carbocycles. The molecule has 3 rings (SSSR count). The summed E-state index contributed by atoms with van der Waals surface area (Å²) in [5.41, 5.74) is 1.39. The summed E-state index contributed by atoms with van der Waals surface area (Å²) < 4.78 is 0. The van der Waals surface area contributed by atoms with Crippen molar-refractivity contribution in [1.29, 1.82) is 0 Å². The minimum absolute atomic E-state index is 0.662. The van der Waals surface area contributed by atoms with Crippen molar-refractivity contribution in [2.75, 3.05) is 24.5 Å². The van der Waals surface area contributed by atoms with E-state index < -0.39 is 0 Å². The van der Waals surface area contributed by atoms with Crippen molar-refractivity contribution in [2.24, 2.45) is 5.92 Å². The second-order valence-corrected chi connectivity index (χ2v) is 6.28. The van der Waals surface area contributed by atoms with E-state index in [-0.39, 0.29) is 0 Å². The van der Waals surface area contributed by atoms with Gasteiger partial charge in [-0.25, -0.2) is 0 Å². The summed E-state index contributed by atoms with van der Waals surface area (Å²) >= 11 is 0. The largest absolute Gasteiger partial charge is 0.371 e. The molecule has 1 heterocycles. The first-order valence-corrected chi connectivity index (χ1v) is 8.24.